The van der Waals surface area contributed by atoms with Gasteiger partial charge in [-0.3, -0.25) is 0 Å². The molecule has 0 radical (unpaired) electrons. The zero-order valence-corrected chi connectivity index (χ0v) is 11.1. The fraction of sp³-hybridized carbons (Fsp3) is 0.462. The third-order valence-corrected chi connectivity index (χ3v) is 2.42. The molecule has 0 aliphatic carbocycles. The summed E-state index contributed by atoms with van der Waals surface area (Å²) in [6.07, 6.45) is -0.00548. The van der Waals surface area contributed by atoms with Crippen LogP contribution in [-0.4, -0.2) is 38.6 Å². The fourth-order valence-corrected chi connectivity index (χ4v) is 1.44. The van der Waals surface area contributed by atoms with Crippen LogP contribution in [-0.2, 0) is 11.3 Å². The van der Waals surface area contributed by atoms with E-state index >= 15 is 0 Å². The molecule has 0 saturated carbocycles. The molecule has 0 heterocycles. The minimum atomic E-state index is -0.511. The molecular weight excluding hydrogens is 250 g/mol. The van der Waals surface area contributed by atoms with Crippen molar-refractivity contribution in [3.8, 4) is 11.5 Å². The molecule has 0 aliphatic rings. The van der Waals surface area contributed by atoms with E-state index in [4.69, 9.17) is 19.3 Å². The van der Waals surface area contributed by atoms with Gasteiger partial charge in [0.2, 0.25) is 0 Å². The average Bonchev–Trinajstić information content (AvgIpc) is 2.45. The summed E-state index contributed by atoms with van der Waals surface area (Å²) in [7, 11) is 3.10. The number of rotatable bonds is 7. The Labute approximate surface area is 112 Å². The Morgan fingerprint density at radius 2 is 2.00 bits per heavy atom. The predicted octanol–water partition coefficient (Wildman–Crippen LogP) is 1.31. The number of carbonyl (C=O) groups excluding carboxylic acids is 1. The van der Waals surface area contributed by atoms with E-state index in [1.807, 2.05) is 0 Å². The van der Waals surface area contributed by atoms with Crippen molar-refractivity contribution >= 4 is 6.09 Å². The summed E-state index contributed by atoms with van der Waals surface area (Å²) in [5.41, 5.74) is 0.801. The van der Waals surface area contributed by atoms with Gasteiger partial charge in [-0.2, -0.15) is 0 Å². The van der Waals surface area contributed by atoms with Crippen molar-refractivity contribution in [2.24, 2.45) is 0 Å². The van der Waals surface area contributed by atoms with E-state index in [9.17, 15) is 4.79 Å². The molecule has 1 aromatic carbocycles. The molecular formula is C13H19NO5. The van der Waals surface area contributed by atoms with Crippen LogP contribution in [0.25, 0.3) is 0 Å². The van der Waals surface area contributed by atoms with Crippen LogP contribution in [0.2, 0.25) is 0 Å². The fourth-order valence-electron chi connectivity index (χ4n) is 1.44. The number of benzene rings is 1. The van der Waals surface area contributed by atoms with Gasteiger partial charge in [-0.05, 0) is 24.1 Å². The minimum absolute atomic E-state index is 0.0377. The van der Waals surface area contributed by atoms with Crippen molar-refractivity contribution in [1.82, 2.24) is 5.32 Å². The van der Waals surface area contributed by atoms with E-state index in [1.165, 1.54) is 0 Å². The molecule has 0 aromatic heterocycles. The molecule has 1 amide bonds. The van der Waals surface area contributed by atoms with E-state index in [1.54, 1.807) is 32.4 Å². The van der Waals surface area contributed by atoms with Gasteiger partial charge < -0.3 is 24.6 Å². The van der Waals surface area contributed by atoms with Crippen LogP contribution in [0.1, 0.15) is 12.0 Å². The number of amides is 1. The second kappa shape index (κ2) is 8.20. The van der Waals surface area contributed by atoms with Gasteiger partial charge in [0, 0.05) is 13.2 Å². The number of aliphatic hydroxyl groups excluding tert-OH is 1. The van der Waals surface area contributed by atoms with E-state index in [-0.39, 0.29) is 13.2 Å². The molecule has 0 atom stereocenters. The highest BCUT2D eigenvalue weighted by atomic mass is 16.5. The van der Waals surface area contributed by atoms with E-state index < -0.39 is 6.09 Å². The van der Waals surface area contributed by atoms with Crippen molar-refractivity contribution in [1.29, 1.82) is 0 Å². The predicted molar refractivity (Wildman–Crippen MR) is 69.4 cm³/mol. The van der Waals surface area contributed by atoms with Gasteiger partial charge in [-0.1, -0.05) is 6.07 Å². The maximum Gasteiger partial charge on any atom is 0.407 e. The summed E-state index contributed by atoms with van der Waals surface area (Å²) >= 11 is 0. The zero-order valence-electron chi connectivity index (χ0n) is 11.1. The highest BCUT2D eigenvalue weighted by Crippen LogP contribution is 2.27. The van der Waals surface area contributed by atoms with Crippen LogP contribution >= 0.6 is 0 Å². The summed E-state index contributed by atoms with van der Waals surface area (Å²) in [6.45, 7) is 0.572. The maximum atomic E-state index is 11.3. The lowest BCUT2D eigenvalue weighted by atomic mass is 10.2. The number of alkyl carbamates (subject to hydrolysis) is 1. The molecule has 0 spiro atoms. The van der Waals surface area contributed by atoms with Crippen LogP contribution in [0.3, 0.4) is 0 Å². The third kappa shape index (κ3) is 5.05. The van der Waals surface area contributed by atoms with Gasteiger partial charge >= 0.3 is 6.09 Å². The van der Waals surface area contributed by atoms with Crippen molar-refractivity contribution in [3.05, 3.63) is 23.8 Å². The van der Waals surface area contributed by atoms with Gasteiger partial charge in [-0.15, -0.1) is 0 Å². The largest absolute Gasteiger partial charge is 0.493 e. The van der Waals surface area contributed by atoms with Crippen LogP contribution in [0.4, 0.5) is 4.79 Å². The van der Waals surface area contributed by atoms with Gasteiger partial charge in [-0.25, -0.2) is 4.79 Å². The second-order valence-electron chi connectivity index (χ2n) is 3.77. The minimum Gasteiger partial charge on any atom is -0.493 e. The monoisotopic (exact) mass is 269 g/mol. The normalized spacial score (nSPS) is 9.84. The van der Waals surface area contributed by atoms with Crippen molar-refractivity contribution < 1.29 is 24.1 Å². The summed E-state index contributed by atoms with van der Waals surface area (Å²) < 4.78 is 15.3. The van der Waals surface area contributed by atoms with Gasteiger partial charge in [0.25, 0.3) is 0 Å². The van der Waals surface area contributed by atoms with Crippen LogP contribution in [0, 0.1) is 0 Å². The quantitative estimate of drug-likeness (QED) is 0.730. The number of hydrogen-bond acceptors (Lipinski definition) is 5. The molecule has 2 N–H and O–H groups in total. The number of aliphatic hydroxyl groups is 1. The SMILES string of the molecule is COc1ccc(COC(=O)NCCCO)cc1OC. The second-order valence-corrected chi connectivity index (χ2v) is 3.77. The molecule has 0 fully saturated rings. The van der Waals surface area contributed by atoms with Gasteiger partial charge in [0.1, 0.15) is 6.61 Å². The molecule has 0 aliphatic heterocycles. The number of methoxy groups -OCH3 is 2. The number of ether oxygens (including phenoxy) is 3. The lowest BCUT2D eigenvalue weighted by Gasteiger charge is -2.10. The molecule has 19 heavy (non-hydrogen) atoms. The molecule has 0 saturated heterocycles. The van der Waals surface area contributed by atoms with Crippen LogP contribution in [0.5, 0.6) is 11.5 Å². The number of carbonyl (C=O) groups is 1. The van der Waals surface area contributed by atoms with Crippen LogP contribution < -0.4 is 14.8 Å². The Balaban J connectivity index is 2.47. The molecule has 1 rings (SSSR count). The summed E-state index contributed by atoms with van der Waals surface area (Å²) in [5, 5.41) is 11.1. The Hall–Kier alpha value is -1.95. The molecule has 0 unspecified atom stereocenters. The lowest BCUT2D eigenvalue weighted by molar-refractivity contribution is 0.138. The summed E-state index contributed by atoms with van der Waals surface area (Å²) in [6, 6.07) is 5.30. The van der Waals surface area contributed by atoms with Crippen molar-refractivity contribution in [2.75, 3.05) is 27.4 Å². The molecule has 106 valence electrons. The Bertz CT molecular complexity index is 408. The molecule has 0 bridgehead atoms. The molecule has 1 aromatic rings. The first-order valence-corrected chi connectivity index (χ1v) is 5.93. The van der Waals surface area contributed by atoms with Crippen molar-refractivity contribution in [3.63, 3.8) is 0 Å². The van der Waals surface area contributed by atoms with Crippen LogP contribution in [0.15, 0.2) is 18.2 Å². The first-order valence-electron chi connectivity index (χ1n) is 5.93. The summed E-state index contributed by atoms with van der Waals surface area (Å²) in [4.78, 5) is 11.3. The highest BCUT2D eigenvalue weighted by Gasteiger charge is 2.06. The Kier molecular flexibility index (Phi) is 6.52. The standard InChI is InChI=1S/C13H19NO5/c1-17-11-5-4-10(8-12(11)18-2)9-19-13(16)14-6-3-7-15/h4-5,8,15H,3,6-7,9H2,1-2H3,(H,14,16). The van der Waals surface area contributed by atoms with Gasteiger partial charge in [0.15, 0.2) is 11.5 Å². The van der Waals surface area contributed by atoms with E-state index in [2.05, 4.69) is 5.32 Å². The molecule has 6 heteroatoms. The topological polar surface area (TPSA) is 77.0 Å². The first kappa shape index (κ1) is 15.1. The van der Waals surface area contributed by atoms with Gasteiger partial charge in [0.05, 0.1) is 14.2 Å². The zero-order chi connectivity index (χ0) is 14.1. The number of nitrogens with one attached hydrogen (secondary N) is 1. The average molecular weight is 269 g/mol. The van der Waals surface area contributed by atoms with E-state index in [0.29, 0.717) is 24.5 Å². The Morgan fingerprint density at radius 1 is 1.26 bits per heavy atom. The van der Waals surface area contributed by atoms with E-state index in [0.717, 1.165) is 5.56 Å². The maximum absolute atomic E-state index is 11.3. The lowest BCUT2D eigenvalue weighted by Crippen LogP contribution is -2.25. The van der Waals surface area contributed by atoms with Crippen molar-refractivity contribution in [2.45, 2.75) is 13.0 Å². The third-order valence-electron chi connectivity index (χ3n) is 2.42. The Morgan fingerprint density at radius 3 is 2.63 bits per heavy atom. The first-order chi connectivity index (χ1) is 9.21. The molecule has 6 nitrogen and oxygen atoms in total. The highest BCUT2D eigenvalue weighted by molar-refractivity contribution is 5.67. The number of hydrogen-bond donors (Lipinski definition) is 2. The summed E-state index contributed by atoms with van der Waals surface area (Å²) in [5.74, 6) is 1.21. The smallest absolute Gasteiger partial charge is 0.407 e.